The summed E-state index contributed by atoms with van der Waals surface area (Å²) in [6.07, 6.45) is 3.34. The van der Waals surface area contributed by atoms with Crippen LogP contribution in [0.15, 0.2) is 24.3 Å². The highest BCUT2D eigenvalue weighted by atomic mass is 16.5. The Labute approximate surface area is 113 Å². The van der Waals surface area contributed by atoms with Crippen LogP contribution >= 0.6 is 0 Å². The molecule has 1 aliphatic rings. The standard InChI is InChI=1S/C15H18N2O2/c1-12-4-2-3-9-17(12)15(18)11-19-14-7-5-13(10-16)6-8-14/h5-8,12H,2-4,9,11H2,1H3. The number of piperidine rings is 1. The summed E-state index contributed by atoms with van der Waals surface area (Å²) >= 11 is 0. The van der Waals surface area contributed by atoms with Crippen molar-refractivity contribution in [2.45, 2.75) is 32.2 Å². The zero-order valence-electron chi connectivity index (χ0n) is 11.1. The molecule has 0 radical (unpaired) electrons. The molecule has 2 rings (SSSR count). The van der Waals surface area contributed by atoms with Crippen molar-refractivity contribution in [3.05, 3.63) is 29.8 Å². The van der Waals surface area contributed by atoms with E-state index in [2.05, 4.69) is 6.92 Å². The quantitative estimate of drug-likeness (QED) is 0.836. The molecule has 0 spiro atoms. The lowest BCUT2D eigenvalue weighted by atomic mass is 10.0. The molecule has 1 heterocycles. The predicted octanol–water partition coefficient (Wildman–Crippen LogP) is 2.34. The molecule has 1 fully saturated rings. The van der Waals surface area contributed by atoms with Gasteiger partial charge in [0.05, 0.1) is 11.6 Å². The van der Waals surface area contributed by atoms with Gasteiger partial charge in [-0.3, -0.25) is 4.79 Å². The van der Waals surface area contributed by atoms with Gasteiger partial charge < -0.3 is 9.64 Å². The topological polar surface area (TPSA) is 53.3 Å². The number of carbonyl (C=O) groups is 1. The molecule has 0 N–H and O–H groups in total. The molecule has 1 aromatic carbocycles. The SMILES string of the molecule is CC1CCCCN1C(=O)COc1ccc(C#N)cc1. The Bertz CT molecular complexity index is 476. The maximum absolute atomic E-state index is 12.1. The van der Waals surface area contributed by atoms with Crippen molar-refractivity contribution in [1.82, 2.24) is 4.90 Å². The van der Waals surface area contributed by atoms with E-state index in [1.807, 2.05) is 11.0 Å². The average Bonchev–Trinajstić information content (AvgIpc) is 2.46. The van der Waals surface area contributed by atoms with E-state index in [1.165, 1.54) is 6.42 Å². The van der Waals surface area contributed by atoms with Crippen molar-refractivity contribution in [1.29, 1.82) is 5.26 Å². The minimum atomic E-state index is 0.0385. The van der Waals surface area contributed by atoms with Crippen LogP contribution in [-0.4, -0.2) is 30.0 Å². The van der Waals surface area contributed by atoms with Gasteiger partial charge >= 0.3 is 0 Å². The Hall–Kier alpha value is -2.02. The smallest absolute Gasteiger partial charge is 0.260 e. The maximum Gasteiger partial charge on any atom is 0.260 e. The molecule has 4 nitrogen and oxygen atoms in total. The second kappa shape index (κ2) is 6.24. The molecule has 1 aromatic rings. The Morgan fingerprint density at radius 3 is 2.79 bits per heavy atom. The summed E-state index contributed by atoms with van der Waals surface area (Å²) in [5.74, 6) is 0.661. The largest absolute Gasteiger partial charge is 0.484 e. The van der Waals surface area contributed by atoms with E-state index in [0.717, 1.165) is 19.4 Å². The van der Waals surface area contributed by atoms with Crippen molar-refractivity contribution in [2.24, 2.45) is 0 Å². The van der Waals surface area contributed by atoms with Crippen molar-refractivity contribution in [2.75, 3.05) is 13.2 Å². The molecule has 0 aromatic heterocycles. The van der Waals surface area contributed by atoms with Gasteiger partial charge in [0.25, 0.3) is 5.91 Å². The van der Waals surface area contributed by atoms with Crippen molar-refractivity contribution < 1.29 is 9.53 Å². The van der Waals surface area contributed by atoms with Crippen molar-refractivity contribution >= 4 is 5.91 Å². The highest BCUT2D eigenvalue weighted by Crippen LogP contribution is 2.17. The maximum atomic E-state index is 12.1. The molecular weight excluding hydrogens is 240 g/mol. The monoisotopic (exact) mass is 258 g/mol. The van der Waals surface area contributed by atoms with E-state index in [1.54, 1.807) is 24.3 Å². The van der Waals surface area contributed by atoms with Gasteiger partial charge in [0.15, 0.2) is 6.61 Å². The molecule has 0 saturated carbocycles. The van der Waals surface area contributed by atoms with E-state index in [0.29, 0.717) is 17.4 Å². The molecule has 0 bridgehead atoms. The molecule has 1 atom stereocenters. The summed E-state index contributed by atoms with van der Waals surface area (Å²) in [6, 6.07) is 9.15. The molecule has 1 unspecified atom stereocenters. The van der Waals surface area contributed by atoms with Crippen LogP contribution in [0.5, 0.6) is 5.75 Å². The van der Waals surface area contributed by atoms with Gasteiger partial charge in [0.2, 0.25) is 0 Å². The van der Waals surface area contributed by atoms with E-state index < -0.39 is 0 Å². The van der Waals surface area contributed by atoms with Gasteiger partial charge in [-0.2, -0.15) is 5.26 Å². The van der Waals surface area contributed by atoms with Crippen LogP contribution in [0.2, 0.25) is 0 Å². The number of hydrogen-bond donors (Lipinski definition) is 0. The fraction of sp³-hybridized carbons (Fsp3) is 0.467. The van der Waals surface area contributed by atoms with Gasteiger partial charge in [0.1, 0.15) is 5.75 Å². The number of likely N-dealkylation sites (tertiary alicyclic amines) is 1. The van der Waals surface area contributed by atoms with Gasteiger partial charge in [-0.05, 0) is 50.5 Å². The Kier molecular flexibility index (Phi) is 4.40. The molecule has 19 heavy (non-hydrogen) atoms. The molecule has 0 aliphatic carbocycles. The third kappa shape index (κ3) is 3.47. The number of nitriles is 1. The van der Waals surface area contributed by atoms with Crippen LogP contribution < -0.4 is 4.74 Å². The van der Waals surface area contributed by atoms with Crippen LogP contribution in [0.25, 0.3) is 0 Å². The lowest BCUT2D eigenvalue weighted by molar-refractivity contribution is -0.136. The zero-order valence-corrected chi connectivity index (χ0v) is 11.1. The number of carbonyl (C=O) groups excluding carboxylic acids is 1. The minimum Gasteiger partial charge on any atom is -0.484 e. The number of nitrogens with zero attached hydrogens (tertiary/aromatic N) is 2. The Morgan fingerprint density at radius 1 is 1.42 bits per heavy atom. The van der Waals surface area contributed by atoms with Crippen molar-refractivity contribution in [3.63, 3.8) is 0 Å². The van der Waals surface area contributed by atoms with E-state index in [-0.39, 0.29) is 12.5 Å². The first-order valence-corrected chi connectivity index (χ1v) is 6.63. The first kappa shape index (κ1) is 13.4. The third-order valence-corrected chi connectivity index (χ3v) is 3.47. The molecular formula is C15H18N2O2. The molecule has 4 heteroatoms. The summed E-state index contributed by atoms with van der Waals surface area (Å²) < 4.78 is 5.47. The third-order valence-electron chi connectivity index (χ3n) is 3.47. The second-order valence-electron chi connectivity index (χ2n) is 4.86. The van der Waals surface area contributed by atoms with E-state index >= 15 is 0 Å². The summed E-state index contributed by atoms with van der Waals surface area (Å²) in [7, 11) is 0. The first-order chi connectivity index (χ1) is 9.20. The lowest BCUT2D eigenvalue weighted by Gasteiger charge is -2.33. The van der Waals surface area contributed by atoms with Crippen LogP contribution in [0.3, 0.4) is 0 Å². The Balaban J connectivity index is 1.87. The molecule has 1 amide bonds. The van der Waals surface area contributed by atoms with Crippen LogP contribution in [-0.2, 0) is 4.79 Å². The van der Waals surface area contributed by atoms with Gasteiger partial charge in [0, 0.05) is 12.6 Å². The summed E-state index contributed by atoms with van der Waals surface area (Å²) in [4.78, 5) is 13.9. The highest BCUT2D eigenvalue weighted by molar-refractivity contribution is 5.78. The van der Waals surface area contributed by atoms with Gasteiger partial charge in [-0.25, -0.2) is 0 Å². The number of benzene rings is 1. The first-order valence-electron chi connectivity index (χ1n) is 6.63. The number of rotatable bonds is 3. The summed E-state index contributed by atoms with van der Waals surface area (Å²) in [5, 5.41) is 8.69. The summed E-state index contributed by atoms with van der Waals surface area (Å²) in [5.41, 5.74) is 0.586. The molecule has 1 saturated heterocycles. The minimum absolute atomic E-state index is 0.0385. The fourth-order valence-electron chi connectivity index (χ4n) is 2.32. The number of ether oxygens (including phenoxy) is 1. The van der Waals surface area contributed by atoms with Crippen LogP contribution in [0, 0.1) is 11.3 Å². The van der Waals surface area contributed by atoms with E-state index in [9.17, 15) is 4.79 Å². The van der Waals surface area contributed by atoms with Crippen LogP contribution in [0.4, 0.5) is 0 Å². The zero-order chi connectivity index (χ0) is 13.7. The normalized spacial score (nSPS) is 18.7. The number of hydrogen-bond acceptors (Lipinski definition) is 3. The fourth-order valence-corrected chi connectivity index (χ4v) is 2.32. The highest BCUT2D eigenvalue weighted by Gasteiger charge is 2.23. The predicted molar refractivity (Wildman–Crippen MR) is 71.7 cm³/mol. The van der Waals surface area contributed by atoms with Crippen LogP contribution in [0.1, 0.15) is 31.7 Å². The second-order valence-corrected chi connectivity index (χ2v) is 4.86. The molecule has 100 valence electrons. The van der Waals surface area contributed by atoms with Gasteiger partial charge in [-0.15, -0.1) is 0 Å². The molecule has 1 aliphatic heterocycles. The Morgan fingerprint density at radius 2 is 2.16 bits per heavy atom. The average molecular weight is 258 g/mol. The van der Waals surface area contributed by atoms with Crippen molar-refractivity contribution in [3.8, 4) is 11.8 Å². The van der Waals surface area contributed by atoms with E-state index in [4.69, 9.17) is 10.00 Å². The number of amides is 1. The summed E-state index contributed by atoms with van der Waals surface area (Å²) in [6.45, 7) is 2.98. The lowest BCUT2D eigenvalue weighted by Crippen LogP contribution is -2.44. The van der Waals surface area contributed by atoms with Gasteiger partial charge in [-0.1, -0.05) is 0 Å².